The van der Waals surface area contributed by atoms with Gasteiger partial charge >= 0.3 is 0 Å². The fourth-order valence-corrected chi connectivity index (χ4v) is 2.72. The lowest BCUT2D eigenvalue weighted by Crippen LogP contribution is -2.24. The van der Waals surface area contributed by atoms with Gasteiger partial charge in [0.2, 0.25) is 5.91 Å². The lowest BCUT2D eigenvalue weighted by molar-refractivity contribution is -0.115. The highest BCUT2D eigenvalue weighted by Crippen LogP contribution is 2.31. The number of azide groups is 1. The maximum absolute atomic E-state index is 12.0. The first-order chi connectivity index (χ1) is 8.65. The Morgan fingerprint density at radius 3 is 3.17 bits per heavy atom. The van der Waals surface area contributed by atoms with Gasteiger partial charge in [0.1, 0.15) is 6.04 Å². The lowest BCUT2D eigenvalue weighted by atomic mass is 9.97. The smallest absolute Gasteiger partial charge is 0.225 e. The van der Waals surface area contributed by atoms with E-state index in [1.807, 2.05) is 0 Å². The second-order valence-electron chi connectivity index (χ2n) is 3.82. The van der Waals surface area contributed by atoms with Crippen molar-refractivity contribution in [3.8, 4) is 0 Å². The predicted octanol–water partition coefficient (Wildman–Crippen LogP) is 2.30. The zero-order valence-electron chi connectivity index (χ0n) is 9.71. The summed E-state index contributed by atoms with van der Waals surface area (Å²) in [7, 11) is 0. The number of thiazole rings is 1. The van der Waals surface area contributed by atoms with Crippen molar-refractivity contribution in [2.45, 2.75) is 32.2 Å². The van der Waals surface area contributed by atoms with E-state index in [0.717, 1.165) is 11.3 Å². The van der Waals surface area contributed by atoms with Gasteiger partial charge in [-0.25, -0.2) is 4.98 Å². The number of aryl methyl sites for hydroxylation is 1. The largest absolute Gasteiger partial charge is 0.302 e. The highest BCUT2D eigenvalue weighted by molar-refractivity contribution is 7.17. The minimum absolute atomic E-state index is 0.139. The number of nitrogens with zero attached hydrogens (tertiary/aromatic N) is 4. The van der Waals surface area contributed by atoms with Gasteiger partial charge in [-0.1, -0.05) is 23.4 Å². The number of rotatable bonds is 3. The maximum Gasteiger partial charge on any atom is 0.225 e. The van der Waals surface area contributed by atoms with Crippen LogP contribution in [0.3, 0.4) is 0 Å². The van der Waals surface area contributed by atoms with Crippen LogP contribution in [0, 0.1) is 0 Å². The van der Waals surface area contributed by atoms with Gasteiger partial charge in [-0.3, -0.25) is 9.59 Å². The Balaban J connectivity index is 2.24. The van der Waals surface area contributed by atoms with Gasteiger partial charge in [0, 0.05) is 11.3 Å². The van der Waals surface area contributed by atoms with Gasteiger partial charge in [-0.05, 0) is 18.4 Å². The number of Topliss-reactive ketones (excluding diaryl/α,β-unsaturated/α-hetero) is 1. The number of hydrogen-bond donors (Lipinski definition) is 1. The fourth-order valence-electron chi connectivity index (χ4n) is 1.70. The van der Waals surface area contributed by atoms with Gasteiger partial charge in [-0.2, -0.15) is 0 Å². The summed E-state index contributed by atoms with van der Waals surface area (Å²) in [6, 6.07) is -0.641. The molecular formula is C10H11N5O2S. The van der Waals surface area contributed by atoms with Crippen molar-refractivity contribution in [2.24, 2.45) is 5.11 Å². The molecule has 1 heterocycles. The minimum Gasteiger partial charge on any atom is -0.302 e. The van der Waals surface area contributed by atoms with E-state index in [0.29, 0.717) is 35.0 Å². The first-order valence-corrected chi connectivity index (χ1v) is 6.35. The van der Waals surface area contributed by atoms with Crippen LogP contribution in [0.1, 0.15) is 35.1 Å². The number of ketones is 1. The third-order valence-corrected chi connectivity index (χ3v) is 3.66. The maximum atomic E-state index is 12.0. The van der Waals surface area contributed by atoms with Crippen molar-refractivity contribution in [1.29, 1.82) is 0 Å². The van der Waals surface area contributed by atoms with Crippen LogP contribution in [0.15, 0.2) is 5.11 Å². The molecule has 0 saturated heterocycles. The van der Waals surface area contributed by atoms with Crippen molar-refractivity contribution in [3.63, 3.8) is 0 Å². The van der Waals surface area contributed by atoms with E-state index < -0.39 is 6.04 Å². The minimum atomic E-state index is -0.641. The molecule has 0 saturated carbocycles. The topological polar surface area (TPSA) is 108 Å². The van der Waals surface area contributed by atoms with Crippen LogP contribution >= 0.6 is 11.3 Å². The molecule has 0 aliphatic heterocycles. The number of hydrogen-bond acceptors (Lipinski definition) is 5. The van der Waals surface area contributed by atoms with Gasteiger partial charge < -0.3 is 5.32 Å². The Bertz CT molecular complexity index is 546. The van der Waals surface area contributed by atoms with Crippen molar-refractivity contribution in [2.75, 3.05) is 5.32 Å². The van der Waals surface area contributed by atoms with E-state index in [2.05, 4.69) is 20.3 Å². The summed E-state index contributed by atoms with van der Waals surface area (Å²) in [6.45, 7) is 1.74. The van der Waals surface area contributed by atoms with Gasteiger partial charge in [0.15, 0.2) is 10.9 Å². The second kappa shape index (κ2) is 5.16. The number of fused-ring (bicyclic) bond motifs is 1. The molecule has 1 amide bonds. The molecule has 1 aromatic heterocycles. The van der Waals surface area contributed by atoms with Crippen LogP contribution in [0.2, 0.25) is 0 Å². The van der Waals surface area contributed by atoms with Crippen LogP contribution in [0.5, 0.6) is 0 Å². The van der Waals surface area contributed by atoms with Crippen LogP contribution in [-0.2, 0) is 11.2 Å². The van der Waals surface area contributed by atoms with E-state index in [9.17, 15) is 9.59 Å². The normalized spacial score (nSPS) is 17.8. The van der Waals surface area contributed by atoms with E-state index in [-0.39, 0.29) is 11.7 Å². The highest BCUT2D eigenvalue weighted by atomic mass is 32.1. The summed E-state index contributed by atoms with van der Waals surface area (Å²) in [5.41, 5.74) is 9.06. The van der Waals surface area contributed by atoms with E-state index in [4.69, 9.17) is 5.53 Å². The van der Waals surface area contributed by atoms with E-state index >= 15 is 0 Å². The van der Waals surface area contributed by atoms with Crippen LogP contribution in [0.25, 0.3) is 10.4 Å². The third kappa shape index (κ3) is 2.34. The van der Waals surface area contributed by atoms with Crippen molar-refractivity contribution in [3.05, 3.63) is 21.0 Å². The molecule has 7 nitrogen and oxygen atoms in total. The summed E-state index contributed by atoms with van der Waals surface area (Å²) >= 11 is 1.14. The first-order valence-electron chi connectivity index (χ1n) is 5.53. The van der Waals surface area contributed by atoms with Gasteiger partial charge in [0.05, 0.1) is 10.6 Å². The summed E-state index contributed by atoms with van der Waals surface area (Å²) in [5.74, 6) is -0.344. The number of amides is 1. The zero-order chi connectivity index (χ0) is 13.1. The molecule has 8 heteroatoms. The molecule has 2 rings (SSSR count). The van der Waals surface area contributed by atoms with Crippen molar-refractivity contribution in [1.82, 2.24) is 4.98 Å². The molecule has 1 aromatic rings. The van der Waals surface area contributed by atoms with Crippen LogP contribution in [0.4, 0.5) is 5.13 Å². The van der Waals surface area contributed by atoms with Crippen LogP contribution < -0.4 is 5.32 Å². The number of carbonyl (C=O) groups excluding carboxylic acids is 2. The Morgan fingerprint density at radius 1 is 1.72 bits per heavy atom. The Hall–Kier alpha value is -1.92. The fraction of sp³-hybridized carbons (Fsp3) is 0.500. The Labute approximate surface area is 107 Å². The molecule has 0 radical (unpaired) electrons. The number of carbonyl (C=O) groups is 2. The van der Waals surface area contributed by atoms with Crippen molar-refractivity contribution >= 4 is 28.2 Å². The second-order valence-corrected chi connectivity index (χ2v) is 4.82. The molecule has 18 heavy (non-hydrogen) atoms. The molecule has 0 bridgehead atoms. The summed E-state index contributed by atoms with van der Waals surface area (Å²) in [6.07, 6.45) is 1.42. The number of anilines is 1. The third-order valence-electron chi connectivity index (χ3n) is 2.64. The first kappa shape index (κ1) is 12.5. The molecule has 1 aliphatic rings. The number of aromatic nitrogens is 1. The standard InChI is InChI=1S/C10H11N5O2S/c1-2-7(16)13-10-12-6-4-3-5(14-15-11)8(17)9(6)18-10/h5H,2-4H2,1H3,(H,12,13,16). The van der Waals surface area contributed by atoms with E-state index in [1.54, 1.807) is 6.92 Å². The highest BCUT2D eigenvalue weighted by Gasteiger charge is 2.30. The average Bonchev–Trinajstić information content (AvgIpc) is 2.76. The SMILES string of the molecule is CCC(=O)Nc1nc2c(s1)C(=O)C(N=[N+]=[N-])CC2. The summed E-state index contributed by atoms with van der Waals surface area (Å²) in [5, 5.41) is 6.53. The number of nitrogens with one attached hydrogen (secondary N) is 1. The molecule has 0 fully saturated rings. The van der Waals surface area contributed by atoms with Crippen molar-refractivity contribution < 1.29 is 9.59 Å². The zero-order valence-corrected chi connectivity index (χ0v) is 10.5. The summed E-state index contributed by atoms with van der Waals surface area (Å²) < 4.78 is 0. The molecule has 94 valence electrons. The lowest BCUT2D eigenvalue weighted by Gasteiger charge is -2.14. The molecule has 1 aliphatic carbocycles. The van der Waals surface area contributed by atoms with E-state index in [1.165, 1.54) is 0 Å². The molecule has 1 unspecified atom stereocenters. The quantitative estimate of drug-likeness (QED) is 0.514. The Morgan fingerprint density at radius 2 is 2.50 bits per heavy atom. The molecule has 0 aromatic carbocycles. The molecule has 1 N–H and O–H groups in total. The van der Waals surface area contributed by atoms with Crippen LogP contribution in [-0.4, -0.2) is 22.7 Å². The predicted molar refractivity (Wildman–Crippen MR) is 66.6 cm³/mol. The molecule has 1 atom stereocenters. The molecule has 0 spiro atoms. The van der Waals surface area contributed by atoms with Gasteiger partial charge in [0.25, 0.3) is 0 Å². The summed E-state index contributed by atoms with van der Waals surface area (Å²) in [4.78, 5) is 30.6. The van der Waals surface area contributed by atoms with Gasteiger partial charge in [-0.15, -0.1) is 0 Å². The molecular weight excluding hydrogens is 254 g/mol. The monoisotopic (exact) mass is 265 g/mol. The Kier molecular flexibility index (Phi) is 3.59. The average molecular weight is 265 g/mol.